The van der Waals surface area contributed by atoms with Gasteiger partial charge in [0.15, 0.2) is 0 Å². The van der Waals surface area contributed by atoms with Gasteiger partial charge in [0, 0.05) is 10.8 Å². The molecule has 4 rings (SSSR count). The summed E-state index contributed by atoms with van der Waals surface area (Å²) in [7, 11) is 0. The summed E-state index contributed by atoms with van der Waals surface area (Å²) in [6.07, 6.45) is 20.9. The van der Waals surface area contributed by atoms with Crippen LogP contribution < -0.4 is 0 Å². The summed E-state index contributed by atoms with van der Waals surface area (Å²) in [5, 5.41) is 11.2. The first kappa shape index (κ1) is 15.3. The van der Waals surface area contributed by atoms with Crippen molar-refractivity contribution >= 4 is 0 Å². The van der Waals surface area contributed by atoms with E-state index in [1.807, 2.05) is 0 Å². The summed E-state index contributed by atoms with van der Waals surface area (Å²) >= 11 is 0. The summed E-state index contributed by atoms with van der Waals surface area (Å²) in [5.74, 6) is 4.05. The highest BCUT2D eigenvalue weighted by molar-refractivity contribution is 5.44. The minimum atomic E-state index is -0.959. The minimum absolute atomic E-state index is 0.114. The Morgan fingerprint density at radius 2 is 2.09 bits per heavy atom. The number of fused-ring (bicyclic) bond motifs is 5. The van der Waals surface area contributed by atoms with E-state index in [1.165, 1.54) is 12.8 Å². The van der Waals surface area contributed by atoms with E-state index in [0.717, 1.165) is 19.3 Å². The first-order valence-corrected chi connectivity index (χ1v) is 9.14. The van der Waals surface area contributed by atoms with Crippen molar-refractivity contribution in [3.05, 3.63) is 35.5 Å². The van der Waals surface area contributed by atoms with E-state index >= 15 is 0 Å². The zero-order valence-electron chi connectivity index (χ0n) is 14.6. The van der Waals surface area contributed by atoms with Crippen LogP contribution in [0, 0.1) is 40.9 Å². The Kier molecular flexibility index (Phi) is 3.08. The number of terminal acetylenes is 1. The fourth-order valence-electron chi connectivity index (χ4n) is 6.31. The first-order chi connectivity index (χ1) is 10.9. The number of hydrogen-bond donors (Lipinski definition) is 1. The SMILES string of the molecule is C#C[C@]1(O)[C@@H](C)C[C@H]2[C@@H]3CCC4=CCC=C[C@]4(C)C3=CC[C@@]21C. The van der Waals surface area contributed by atoms with E-state index in [-0.39, 0.29) is 16.7 Å². The average Bonchev–Trinajstić information content (AvgIpc) is 2.75. The molecule has 4 aliphatic carbocycles. The fraction of sp³-hybridized carbons (Fsp3) is 0.636. The molecule has 0 radical (unpaired) electrons. The predicted molar refractivity (Wildman–Crippen MR) is 94.5 cm³/mol. The number of aliphatic hydroxyl groups is 1. The first-order valence-electron chi connectivity index (χ1n) is 9.14. The van der Waals surface area contributed by atoms with Crippen molar-refractivity contribution in [3.8, 4) is 12.3 Å². The van der Waals surface area contributed by atoms with Gasteiger partial charge in [0.25, 0.3) is 0 Å². The Bertz CT molecular complexity index is 675. The quantitative estimate of drug-likeness (QED) is 0.510. The predicted octanol–water partition coefficient (Wildman–Crippen LogP) is 4.65. The molecule has 0 saturated heterocycles. The van der Waals surface area contributed by atoms with Crippen LogP contribution in [-0.2, 0) is 0 Å². The third-order valence-corrected chi connectivity index (χ3v) is 7.80. The minimum Gasteiger partial charge on any atom is -0.377 e. The van der Waals surface area contributed by atoms with Crippen LogP contribution in [-0.4, -0.2) is 10.7 Å². The summed E-state index contributed by atoms with van der Waals surface area (Å²) in [6, 6.07) is 0. The molecule has 1 nitrogen and oxygen atoms in total. The van der Waals surface area contributed by atoms with Gasteiger partial charge in [-0.2, -0.15) is 0 Å². The number of allylic oxidation sites excluding steroid dienone is 6. The maximum Gasteiger partial charge on any atom is 0.133 e. The van der Waals surface area contributed by atoms with Crippen LogP contribution in [0.3, 0.4) is 0 Å². The van der Waals surface area contributed by atoms with Crippen molar-refractivity contribution < 1.29 is 5.11 Å². The number of rotatable bonds is 0. The highest BCUT2D eigenvalue weighted by Crippen LogP contribution is 2.66. The van der Waals surface area contributed by atoms with E-state index in [0.29, 0.717) is 11.8 Å². The van der Waals surface area contributed by atoms with Crippen molar-refractivity contribution in [3.63, 3.8) is 0 Å². The van der Waals surface area contributed by atoms with Gasteiger partial charge in [-0.1, -0.05) is 55.2 Å². The van der Waals surface area contributed by atoms with E-state index in [1.54, 1.807) is 11.1 Å². The zero-order chi connectivity index (χ0) is 16.5. The molecule has 4 aliphatic rings. The van der Waals surface area contributed by atoms with Crippen LogP contribution in [0.2, 0.25) is 0 Å². The molecular formula is C22H28O. The second-order valence-corrected chi connectivity index (χ2v) is 8.65. The third kappa shape index (κ3) is 1.69. The lowest BCUT2D eigenvalue weighted by Gasteiger charge is -2.53. The molecule has 0 bridgehead atoms. The van der Waals surface area contributed by atoms with Crippen LogP contribution in [0.15, 0.2) is 35.5 Å². The van der Waals surface area contributed by atoms with Gasteiger partial charge in [-0.15, -0.1) is 6.42 Å². The van der Waals surface area contributed by atoms with Crippen molar-refractivity contribution in [1.82, 2.24) is 0 Å². The highest BCUT2D eigenvalue weighted by Gasteiger charge is 2.63. The van der Waals surface area contributed by atoms with Gasteiger partial charge in [0.2, 0.25) is 0 Å². The second kappa shape index (κ2) is 4.64. The van der Waals surface area contributed by atoms with Crippen molar-refractivity contribution in [2.24, 2.45) is 28.6 Å². The molecule has 1 heteroatoms. The van der Waals surface area contributed by atoms with Crippen LogP contribution in [0.5, 0.6) is 0 Å². The van der Waals surface area contributed by atoms with Crippen molar-refractivity contribution in [2.75, 3.05) is 0 Å². The molecule has 23 heavy (non-hydrogen) atoms. The van der Waals surface area contributed by atoms with Crippen molar-refractivity contribution in [2.45, 2.75) is 58.5 Å². The molecular weight excluding hydrogens is 280 g/mol. The highest BCUT2D eigenvalue weighted by atomic mass is 16.3. The van der Waals surface area contributed by atoms with Gasteiger partial charge < -0.3 is 5.11 Å². The molecule has 0 heterocycles. The van der Waals surface area contributed by atoms with Gasteiger partial charge in [-0.05, 0) is 56.8 Å². The molecule has 0 aromatic heterocycles. The zero-order valence-corrected chi connectivity index (χ0v) is 14.6. The molecule has 0 aromatic rings. The summed E-state index contributed by atoms with van der Waals surface area (Å²) in [4.78, 5) is 0. The van der Waals surface area contributed by atoms with Gasteiger partial charge in [-0.3, -0.25) is 0 Å². The van der Waals surface area contributed by atoms with E-state index in [2.05, 4.69) is 51.0 Å². The fourth-order valence-corrected chi connectivity index (χ4v) is 6.31. The van der Waals surface area contributed by atoms with Crippen LogP contribution >= 0.6 is 0 Å². The molecule has 122 valence electrons. The van der Waals surface area contributed by atoms with E-state index in [4.69, 9.17) is 6.42 Å². The van der Waals surface area contributed by atoms with Gasteiger partial charge >= 0.3 is 0 Å². The van der Waals surface area contributed by atoms with Gasteiger partial charge in [0.05, 0.1) is 0 Å². The van der Waals surface area contributed by atoms with Crippen LogP contribution in [0.1, 0.15) is 52.9 Å². The lowest BCUT2D eigenvalue weighted by molar-refractivity contribution is -0.0538. The topological polar surface area (TPSA) is 20.2 Å². The molecule has 0 unspecified atom stereocenters. The van der Waals surface area contributed by atoms with Crippen molar-refractivity contribution in [1.29, 1.82) is 0 Å². The maximum absolute atomic E-state index is 11.2. The largest absolute Gasteiger partial charge is 0.377 e. The smallest absolute Gasteiger partial charge is 0.133 e. The Hall–Kier alpha value is -1.26. The number of hydrogen-bond acceptors (Lipinski definition) is 1. The Morgan fingerprint density at radius 1 is 1.30 bits per heavy atom. The Labute approximate surface area is 140 Å². The molecule has 0 aliphatic heterocycles. The molecule has 0 aromatic carbocycles. The molecule has 0 spiro atoms. The molecule has 2 saturated carbocycles. The monoisotopic (exact) mass is 308 g/mol. The lowest BCUT2D eigenvalue weighted by Crippen LogP contribution is -2.51. The summed E-state index contributed by atoms with van der Waals surface area (Å²) in [6.45, 7) is 6.76. The average molecular weight is 308 g/mol. The molecule has 6 atom stereocenters. The van der Waals surface area contributed by atoms with Crippen LogP contribution in [0.4, 0.5) is 0 Å². The van der Waals surface area contributed by atoms with E-state index < -0.39 is 5.60 Å². The lowest BCUT2D eigenvalue weighted by atomic mass is 9.52. The third-order valence-electron chi connectivity index (χ3n) is 7.80. The standard InChI is InChI=1S/C22H28O/c1-5-22(23)15(2)14-19-17-10-9-16-8-6-7-12-20(16,3)18(17)11-13-21(19,22)4/h1,7-8,11-12,15,17,19,23H,6,9-10,13-14H2,2-4H3/t15-,17+,19-,20-,21-,22-/m0/s1. The van der Waals surface area contributed by atoms with Gasteiger partial charge in [-0.25, -0.2) is 0 Å². The molecule has 2 fully saturated rings. The summed E-state index contributed by atoms with van der Waals surface area (Å²) in [5.41, 5.74) is 2.18. The van der Waals surface area contributed by atoms with Gasteiger partial charge in [0.1, 0.15) is 5.60 Å². The maximum atomic E-state index is 11.2. The molecule has 1 N–H and O–H groups in total. The van der Waals surface area contributed by atoms with Crippen LogP contribution in [0.25, 0.3) is 0 Å². The second-order valence-electron chi connectivity index (χ2n) is 8.65. The normalized spacial score (nSPS) is 51.0. The van der Waals surface area contributed by atoms with E-state index in [9.17, 15) is 5.11 Å². The molecule has 0 amide bonds. The Balaban J connectivity index is 1.81. The summed E-state index contributed by atoms with van der Waals surface area (Å²) < 4.78 is 0. The Morgan fingerprint density at radius 3 is 2.83 bits per heavy atom.